The molecule has 1 aromatic heterocycles. The number of rotatable bonds is 6. The van der Waals surface area contributed by atoms with Crippen molar-refractivity contribution in [2.24, 2.45) is 5.92 Å². The van der Waals surface area contributed by atoms with E-state index in [9.17, 15) is 0 Å². The standard InChI is InChI=1S/C13H23N3O2/c1-10-4-3-5-11(8-10)13-15-12(18-16-13)9-14-6-7-17-2/h10-11,14H,3-9H2,1-2H3. The van der Waals surface area contributed by atoms with Crippen LogP contribution in [0.15, 0.2) is 4.52 Å². The first kappa shape index (κ1) is 13.5. The van der Waals surface area contributed by atoms with Crippen LogP contribution in [0.25, 0.3) is 0 Å². The molecule has 2 atom stereocenters. The maximum Gasteiger partial charge on any atom is 0.240 e. The van der Waals surface area contributed by atoms with Gasteiger partial charge in [0.2, 0.25) is 5.89 Å². The van der Waals surface area contributed by atoms with Crippen LogP contribution in [0, 0.1) is 5.92 Å². The molecule has 0 aromatic carbocycles. The molecule has 1 heterocycles. The lowest BCUT2D eigenvalue weighted by molar-refractivity contribution is 0.197. The van der Waals surface area contributed by atoms with E-state index >= 15 is 0 Å². The largest absolute Gasteiger partial charge is 0.383 e. The first-order valence-electron chi connectivity index (χ1n) is 6.81. The van der Waals surface area contributed by atoms with Crippen molar-refractivity contribution in [2.75, 3.05) is 20.3 Å². The Hall–Kier alpha value is -0.940. The van der Waals surface area contributed by atoms with E-state index in [0.29, 0.717) is 25.0 Å². The van der Waals surface area contributed by atoms with Crippen LogP contribution in [-0.4, -0.2) is 30.4 Å². The summed E-state index contributed by atoms with van der Waals surface area (Å²) in [6.07, 6.45) is 5.00. The van der Waals surface area contributed by atoms with E-state index in [0.717, 1.165) is 18.3 Å². The van der Waals surface area contributed by atoms with Gasteiger partial charge in [-0.15, -0.1) is 0 Å². The van der Waals surface area contributed by atoms with E-state index in [-0.39, 0.29) is 0 Å². The predicted molar refractivity (Wildman–Crippen MR) is 68.3 cm³/mol. The molecule has 0 amide bonds. The van der Waals surface area contributed by atoms with Crippen LogP contribution in [0.2, 0.25) is 0 Å². The van der Waals surface area contributed by atoms with Gasteiger partial charge in [-0.25, -0.2) is 0 Å². The Balaban J connectivity index is 1.81. The van der Waals surface area contributed by atoms with Crippen molar-refractivity contribution in [3.8, 4) is 0 Å². The number of ether oxygens (including phenoxy) is 1. The summed E-state index contributed by atoms with van der Waals surface area (Å²) >= 11 is 0. The third-order valence-electron chi connectivity index (χ3n) is 3.54. The number of hydrogen-bond donors (Lipinski definition) is 1. The summed E-state index contributed by atoms with van der Waals surface area (Å²) in [6.45, 7) is 4.42. The average molecular weight is 253 g/mol. The molecule has 0 aliphatic heterocycles. The SMILES string of the molecule is COCCNCc1nc(C2CCCC(C)C2)no1. The van der Waals surface area contributed by atoms with Crippen molar-refractivity contribution < 1.29 is 9.26 Å². The highest BCUT2D eigenvalue weighted by molar-refractivity contribution is 4.97. The Morgan fingerprint density at radius 2 is 2.33 bits per heavy atom. The lowest BCUT2D eigenvalue weighted by Gasteiger charge is -2.23. The van der Waals surface area contributed by atoms with Gasteiger partial charge in [0.1, 0.15) is 0 Å². The van der Waals surface area contributed by atoms with Crippen LogP contribution in [-0.2, 0) is 11.3 Å². The molecule has 1 N–H and O–H groups in total. The maximum atomic E-state index is 5.27. The summed E-state index contributed by atoms with van der Waals surface area (Å²) in [6, 6.07) is 0. The quantitative estimate of drug-likeness (QED) is 0.787. The summed E-state index contributed by atoms with van der Waals surface area (Å²) in [5, 5.41) is 7.32. The van der Waals surface area contributed by atoms with E-state index in [1.165, 1.54) is 25.7 Å². The van der Waals surface area contributed by atoms with Gasteiger partial charge in [-0.2, -0.15) is 4.98 Å². The van der Waals surface area contributed by atoms with Crippen LogP contribution in [0.4, 0.5) is 0 Å². The van der Waals surface area contributed by atoms with Crippen molar-refractivity contribution in [1.82, 2.24) is 15.5 Å². The molecule has 2 rings (SSSR count). The van der Waals surface area contributed by atoms with E-state index in [2.05, 4.69) is 22.4 Å². The topological polar surface area (TPSA) is 60.2 Å². The molecule has 2 unspecified atom stereocenters. The third kappa shape index (κ3) is 3.78. The minimum absolute atomic E-state index is 0.491. The lowest BCUT2D eigenvalue weighted by Crippen LogP contribution is -2.18. The number of nitrogens with one attached hydrogen (secondary N) is 1. The number of nitrogens with zero attached hydrogens (tertiary/aromatic N) is 2. The molecule has 0 spiro atoms. The molecular formula is C13H23N3O2. The molecule has 18 heavy (non-hydrogen) atoms. The van der Waals surface area contributed by atoms with Gasteiger partial charge in [0.05, 0.1) is 13.2 Å². The van der Waals surface area contributed by atoms with Crippen molar-refractivity contribution in [3.05, 3.63) is 11.7 Å². The van der Waals surface area contributed by atoms with Crippen molar-refractivity contribution in [2.45, 2.75) is 45.1 Å². The predicted octanol–water partition coefficient (Wildman–Crippen LogP) is 2.10. The van der Waals surface area contributed by atoms with Gasteiger partial charge in [-0.05, 0) is 18.8 Å². The Morgan fingerprint density at radius 1 is 1.44 bits per heavy atom. The molecule has 5 nitrogen and oxygen atoms in total. The molecule has 5 heteroatoms. The molecule has 0 radical (unpaired) electrons. The first-order valence-corrected chi connectivity index (χ1v) is 6.81. The normalized spacial score (nSPS) is 24.3. The van der Waals surface area contributed by atoms with E-state index in [1.54, 1.807) is 7.11 Å². The fraction of sp³-hybridized carbons (Fsp3) is 0.846. The minimum atomic E-state index is 0.491. The number of methoxy groups -OCH3 is 1. The fourth-order valence-corrected chi connectivity index (χ4v) is 2.54. The van der Waals surface area contributed by atoms with Crippen molar-refractivity contribution >= 4 is 0 Å². The van der Waals surface area contributed by atoms with Gasteiger partial charge in [0, 0.05) is 19.6 Å². The van der Waals surface area contributed by atoms with Gasteiger partial charge < -0.3 is 14.6 Å². The van der Waals surface area contributed by atoms with E-state index < -0.39 is 0 Å². The highest BCUT2D eigenvalue weighted by Crippen LogP contribution is 2.34. The molecule has 1 fully saturated rings. The van der Waals surface area contributed by atoms with Crippen LogP contribution in [0.3, 0.4) is 0 Å². The second-order valence-electron chi connectivity index (χ2n) is 5.18. The van der Waals surface area contributed by atoms with Gasteiger partial charge in [0.25, 0.3) is 0 Å². The Kier molecular flexibility index (Phi) is 5.13. The summed E-state index contributed by atoms with van der Waals surface area (Å²) in [5.74, 6) is 2.85. The summed E-state index contributed by atoms with van der Waals surface area (Å²) < 4.78 is 10.2. The van der Waals surface area contributed by atoms with Crippen LogP contribution in [0.5, 0.6) is 0 Å². The monoisotopic (exact) mass is 253 g/mol. The Bertz CT molecular complexity index is 354. The molecule has 102 valence electrons. The van der Waals surface area contributed by atoms with E-state index in [4.69, 9.17) is 9.26 Å². The second kappa shape index (κ2) is 6.85. The van der Waals surface area contributed by atoms with E-state index in [1.807, 2.05) is 0 Å². The number of aromatic nitrogens is 2. The molecule has 1 saturated carbocycles. The third-order valence-corrected chi connectivity index (χ3v) is 3.54. The molecular weight excluding hydrogens is 230 g/mol. The smallest absolute Gasteiger partial charge is 0.240 e. The number of hydrogen-bond acceptors (Lipinski definition) is 5. The fourth-order valence-electron chi connectivity index (χ4n) is 2.54. The highest BCUT2D eigenvalue weighted by atomic mass is 16.5. The zero-order valence-electron chi connectivity index (χ0n) is 11.3. The van der Waals surface area contributed by atoms with Crippen LogP contribution in [0.1, 0.15) is 50.2 Å². The molecule has 1 aromatic rings. The highest BCUT2D eigenvalue weighted by Gasteiger charge is 2.24. The Morgan fingerprint density at radius 3 is 3.11 bits per heavy atom. The summed E-state index contributed by atoms with van der Waals surface area (Å²) in [5.41, 5.74) is 0. The van der Waals surface area contributed by atoms with Gasteiger partial charge in [0.15, 0.2) is 5.82 Å². The van der Waals surface area contributed by atoms with Gasteiger partial charge in [-0.3, -0.25) is 0 Å². The van der Waals surface area contributed by atoms with Gasteiger partial charge >= 0.3 is 0 Å². The summed E-state index contributed by atoms with van der Waals surface area (Å²) in [4.78, 5) is 4.48. The molecule has 1 aliphatic rings. The van der Waals surface area contributed by atoms with Crippen molar-refractivity contribution in [1.29, 1.82) is 0 Å². The zero-order valence-corrected chi connectivity index (χ0v) is 11.3. The molecule has 0 bridgehead atoms. The minimum Gasteiger partial charge on any atom is -0.383 e. The Labute approximate surface area is 108 Å². The zero-order chi connectivity index (χ0) is 12.8. The van der Waals surface area contributed by atoms with Crippen LogP contribution < -0.4 is 5.32 Å². The summed E-state index contributed by atoms with van der Waals surface area (Å²) in [7, 11) is 1.69. The van der Waals surface area contributed by atoms with Gasteiger partial charge in [-0.1, -0.05) is 24.9 Å². The van der Waals surface area contributed by atoms with Crippen LogP contribution >= 0.6 is 0 Å². The molecule has 1 aliphatic carbocycles. The van der Waals surface area contributed by atoms with Crippen molar-refractivity contribution in [3.63, 3.8) is 0 Å². The first-order chi connectivity index (χ1) is 8.79. The average Bonchev–Trinajstić information content (AvgIpc) is 2.83. The lowest BCUT2D eigenvalue weighted by atomic mass is 9.82. The maximum absolute atomic E-state index is 5.27. The molecule has 0 saturated heterocycles. The second-order valence-corrected chi connectivity index (χ2v) is 5.18.